The molecule has 1 saturated heterocycles. The number of hydrogen-bond acceptors (Lipinski definition) is 6. The van der Waals surface area contributed by atoms with E-state index in [1.54, 1.807) is 0 Å². The van der Waals surface area contributed by atoms with Gasteiger partial charge in [-0.05, 0) is 12.8 Å². The maximum atomic E-state index is 5.68. The van der Waals surface area contributed by atoms with E-state index in [2.05, 4.69) is 27.3 Å². The van der Waals surface area contributed by atoms with Crippen LogP contribution in [-0.2, 0) is 6.54 Å². The van der Waals surface area contributed by atoms with Crippen molar-refractivity contribution in [2.75, 3.05) is 23.7 Å². The molecule has 2 heterocycles. The van der Waals surface area contributed by atoms with Crippen LogP contribution >= 0.6 is 11.8 Å². The molecule has 1 saturated carbocycles. The molecule has 1 atom stereocenters. The van der Waals surface area contributed by atoms with Crippen molar-refractivity contribution in [1.82, 2.24) is 15.5 Å². The van der Waals surface area contributed by atoms with E-state index in [1.807, 2.05) is 11.8 Å². The maximum absolute atomic E-state index is 5.68. The molecule has 2 aliphatic rings. The lowest BCUT2D eigenvalue weighted by atomic mass is 10.4. The van der Waals surface area contributed by atoms with Crippen molar-refractivity contribution in [2.24, 2.45) is 0 Å². The number of rotatable bonds is 4. The fraction of sp³-hybridized carbons (Fsp3) is 0.818. The molecule has 17 heavy (non-hydrogen) atoms. The zero-order chi connectivity index (χ0) is 11.7. The summed E-state index contributed by atoms with van der Waals surface area (Å²) in [6.45, 7) is 4.95. The topological polar surface area (TPSA) is 54.2 Å². The van der Waals surface area contributed by atoms with Gasteiger partial charge in [-0.1, -0.05) is 12.0 Å². The number of aromatic nitrogens is 2. The van der Waals surface area contributed by atoms with Gasteiger partial charge in [0, 0.05) is 30.1 Å². The second-order valence-electron chi connectivity index (χ2n) is 4.76. The Labute approximate surface area is 105 Å². The van der Waals surface area contributed by atoms with Crippen molar-refractivity contribution >= 4 is 17.8 Å². The standard InChI is InChI=1S/C11H18N4OS/c1-8-7-15(4-5-17-8)11-14-13-10(16-11)6-12-9-2-3-9/h8-9,12H,2-7H2,1H3. The Morgan fingerprint density at radius 3 is 3.12 bits per heavy atom. The third kappa shape index (κ3) is 2.93. The normalized spacial score (nSPS) is 25.2. The summed E-state index contributed by atoms with van der Waals surface area (Å²) in [5.74, 6) is 1.84. The van der Waals surface area contributed by atoms with Gasteiger partial charge in [-0.25, -0.2) is 0 Å². The first-order valence-corrected chi connectivity index (χ1v) is 7.28. The Morgan fingerprint density at radius 1 is 1.47 bits per heavy atom. The van der Waals surface area contributed by atoms with Gasteiger partial charge in [0.05, 0.1) is 6.54 Å². The Morgan fingerprint density at radius 2 is 2.35 bits per heavy atom. The van der Waals surface area contributed by atoms with Gasteiger partial charge in [-0.3, -0.25) is 0 Å². The molecular weight excluding hydrogens is 236 g/mol. The van der Waals surface area contributed by atoms with Crippen LogP contribution in [0.5, 0.6) is 0 Å². The molecule has 6 heteroatoms. The molecule has 1 aromatic rings. The highest BCUT2D eigenvalue weighted by Crippen LogP contribution is 2.23. The lowest BCUT2D eigenvalue weighted by Crippen LogP contribution is -2.36. The van der Waals surface area contributed by atoms with Crippen LogP contribution in [0.25, 0.3) is 0 Å². The molecule has 0 bridgehead atoms. The highest BCUT2D eigenvalue weighted by atomic mass is 32.2. The Balaban J connectivity index is 1.58. The molecule has 2 fully saturated rings. The molecule has 3 rings (SSSR count). The second-order valence-corrected chi connectivity index (χ2v) is 6.31. The summed E-state index contributed by atoms with van der Waals surface area (Å²) < 4.78 is 5.68. The van der Waals surface area contributed by atoms with E-state index >= 15 is 0 Å². The van der Waals surface area contributed by atoms with Crippen LogP contribution in [0.1, 0.15) is 25.7 Å². The van der Waals surface area contributed by atoms with Crippen LogP contribution in [0.2, 0.25) is 0 Å². The average Bonchev–Trinajstić information content (AvgIpc) is 3.04. The Kier molecular flexibility index (Phi) is 3.24. The second kappa shape index (κ2) is 4.86. The molecule has 1 N–H and O–H groups in total. The lowest BCUT2D eigenvalue weighted by Gasteiger charge is -2.28. The van der Waals surface area contributed by atoms with E-state index < -0.39 is 0 Å². The van der Waals surface area contributed by atoms with Gasteiger partial charge in [0.15, 0.2) is 0 Å². The summed E-state index contributed by atoms with van der Waals surface area (Å²) in [6, 6.07) is 1.36. The molecule has 0 spiro atoms. The number of hydrogen-bond donors (Lipinski definition) is 1. The number of nitrogens with one attached hydrogen (secondary N) is 1. The predicted molar refractivity (Wildman–Crippen MR) is 68.3 cm³/mol. The van der Waals surface area contributed by atoms with Gasteiger partial charge >= 0.3 is 6.01 Å². The third-order valence-electron chi connectivity index (χ3n) is 3.09. The monoisotopic (exact) mass is 254 g/mol. The lowest BCUT2D eigenvalue weighted by molar-refractivity contribution is 0.460. The molecule has 94 valence electrons. The van der Waals surface area contributed by atoms with Crippen LogP contribution in [0.4, 0.5) is 6.01 Å². The Bertz CT molecular complexity index is 379. The van der Waals surface area contributed by atoms with Crippen LogP contribution < -0.4 is 10.2 Å². The van der Waals surface area contributed by atoms with Crippen molar-refractivity contribution in [1.29, 1.82) is 0 Å². The third-order valence-corrected chi connectivity index (χ3v) is 4.22. The molecule has 1 unspecified atom stereocenters. The van der Waals surface area contributed by atoms with Crippen LogP contribution in [-0.4, -0.2) is 40.3 Å². The minimum Gasteiger partial charge on any atom is -0.407 e. The van der Waals surface area contributed by atoms with Gasteiger partial charge in [0.25, 0.3) is 0 Å². The number of anilines is 1. The smallest absolute Gasteiger partial charge is 0.318 e. The van der Waals surface area contributed by atoms with Crippen LogP contribution in [0, 0.1) is 0 Å². The average molecular weight is 254 g/mol. The van der Waals surface area contributed by atoms with E-state index in [1.165, 1.54) is 12.8 Å². The number of nitrogens with zero attached hydrogens (tertiary/aromatic N) is 3. The first kappa shape index (κ1) is 11.3. The summed E-state index contributed by atoms with van der Waals surface area (Å²) in [7, 11) is 0. The van der Waals surface area contributed by atoms with Crippen molar-refractivity contribution in [3.05, 3.63) is 5.89 Å². The molecular formula is C11H18N4OS. The predicted octanol–water partition coefficient (Wildman–Crippen LogP) is 1.26. The van der Waals surface area contributed by atoms with Crippen molar-refractivity contribution in [3.8, 4) is 0 Å². The molecule has 1 aromatic heterocycles. The molecule has 0 aromatic carbocycles. The van der Waals surface area contributed by atoms with Gasteiger partial charge < -0.3 is 14.6 Å². The zero-order valence-electron chi connectivity index (χ0n) is 10.1. The largest absolute Gasteiger partial charge is 0.407 e. The van der Waals surface area contributed by atoms with Gasteiger partial charge in [-0.15, -0.1) is 5.10 Å². The first-order valence-electron chi connectivity index (χ1n) is 6.23. The summed E-state index contributed by atoms with van der Waals surface area (Å²) in [6.07, 6.45) is 2.56. The molecule has 0 radical (unpaired) electrons. The minimum atomic E-state index is 0.642. The first-order chi connectivity index (χ1) is 8.31. The van der Waals surface area contributed by atoms with Crippen LogP contribution in [0.15, 0.2) is 4.42 Å². The van der Waals surface area contributed by atoms with E-state index in [9.17, 15) is 0 Å². The summed E-state index contributed by atoms with van der Waals surface area (Å²) in [5.41, 5.74) is 0. The molecule has 0 amide bonds. The zero-order valence-corrected chi connectivity index (χ0v) is 10.9. The van der Waals surface area contributed by atoms with Crippen LogP contribution in [0.3, 0.4) is 0 Å². The highest BCUT2D eigenvalue weighted by molar-refractivity contribution is 8.00. The molecule has 1 aliphatic heterocycles. The Hall–Kier alpha value is -0.750. The van der Waals surface area contributed by atoms with Crippen molar-refractivity contribution < 1.29 is 4.42 Å². The fourth-order valence-corrected chi connectivity index (χ4v) is 2.97. The van der Waals surface area contributed by atoms with E-state index in [-0.39, 0.29) is 0 Å². The van der Waals surface area contributed by atoms with Crippen molar-refractivity contribution in [2.45, 2.75) is 37.6 Å². The summed E-state index contributed by atoms with van der Waals surface area (Å²) >= 11 is 2.00. The van der Waals surface area contributed by atoms with E-state index in [0.29, 0.717) is 29.7 Å². The molecule has 5 nitrogen and oxygen atoms in total. The van der Waals surface area contributed by atoms with Gasteiger partial charge in [0.1, 0.15) is 0 Å². The number of thioether (sulfide) groups is 1. The highest BCUT2D eigenvalue weighted by Gasteiger charge is 2.23. The fourth-order valence-electron chi connectivity index (χ4n) is 1.96. The maximum Gasteiger partial charge on any atom is 0.318 e. The minimum absolute atomic E-state index is 0.642. The molecule has 1 aliphatic carbocycles. The SMILES string of the molecule is CC1CN(c2nnc(CNC3CC3)o2)CCS1. The van der Waals surface area contributed by atoms with Gasteiger partial charge in [-0.2, -0.15) is 11.8 Å². The van der Waals surface area contributed by atoms with Crippen molar-refractivity contribution in [3.63, 3.8) is 0 Å². The summed E-state index contributed by atoms with van der Waals surface area (Å²) in [5, 5.41) is 12.2. The van der Waals surface area contributed by atoms with E-state index in [4.69, 9.17) is 4.42 Å². The van der Waals surface area contributed by atoms with Gasteiger partial charge in [0.2, 0.25) is 5.89 Å². The quantitative estimate of drug-likeness (QED) is 0.873. The summed E-state index contributed by atoms with van der Waals surface area (Å²) in [4.78, 5) is 2.19. The van der Waals surface area contributed by atoms with E-state index in [0.717, 1.165) is 18.8 Å².